The van der Waals surface area contributed by atoms with Crippen molar-refractivity contribution in [3.05, 3.63) is 16.7 Å². The van der Waals surface area contributed by atoms with Crippen LogP contribution in [0.3, 0.4) is 0 Å². The lowest BCUT2D eigenvalue weighted by Gasteiger charge is -2.55. The van der Waals surface area contributed by atoms with E-state index in [1.54, 1.807) is 0 Å². The molecule has 1 aliphatic heterocycles. The molecular formula is C20H25N5O6. The van der Waals surface area contributed by atoms with E-state index in [9.17, 15) is 24.9 Å². The van der Waals surface area contributed by atoms with Crippen molar-refractivity contribution in [1.82, 2.24) is 19.5 Å². The van der Waals surface area contributed by atoms with Crippen LogP contribution in [0.25, 0.3) is 11.2 Å². The Kier molecular flexibility index (Phi) is 4.11. The predicted molar refractivity (Wildman–Crippen MR) is 106 cm³/mol. The summed E-state index contributed by atoms with van der Waals surface area (Å²) in [5, 5.41) is 32.5. The highest BCUT2D eigenvalue weighted by atomic mass is 16.7. The van der Waals surface area contributed by atoms with Crippen molar-refractivity contribution in [2.24, 2.45) is 23.2 Å². The summed E-state index contributed by atoms with van der Waals surface area (Å²) in [6.45, 7) is 0. The van der Waals surface area contributed by atoms with Gasteiger partial charge in [-0.25, -0.2) is 4.98 Å². The number of ether oxygens (including phenoxy) is 1. The fourth-order valence-electron chi connectivity index (χ4n) is 6.67. The molecule has 4 atom stereocenters. The molecule has 4 aliphatic carbocycles. The topological polar surface area (TPSA) is 163 Å². The van der Waals surface area contributed by atoms with Crippen LogP contribution in [0.1, 0.15) is 44.8 Å². The predicted octanol–water partition coefficient (Wildman–Crippen LogP) is -0.157. The number of H-pyrrole nitrogens is 1. The van der Waals surface area contributed by atoms with E-state index in [0.29, 0.717) is 17.8 Å². The molecule has 0 unspecified atom stereocenters. The number of carbonyl (C=O) groups is 1. The Balaban J connectivity index is 1.32. The molecule has 0 spiro atoms. The first-order chi connectivity index (χ1) is 14.8. The van der Waals surface area contributed by atoms with Crippen LogP contribution in [-0.2, 0) is 9.53 Å². The maximum absolute atomic E-state index is 13.3. The molecule has 7 rings (SSSR count). The van der Waals surface area contributed by atoms with Gasteiger partial charge >= 0.3 is 0 Å². The fraction of sp³-hybridized carbons (Fsp3) is 0.700. The summed E-state index contributed by atoms with van der Waals surface area (Å²) in [6, 6.07) is 0. The number of rotatable bonds is 3. The SMILES string of the molecule is O=C(Nc1nc2c(ncn2[C@@H]2O[C@H](O)[C@@H](O)[C@@H]2O)c(=O)[nH]1)C12CC3CC(CC(C3)C1)C2. The minimum absolute atomic E-state index is 0.000479. The molecule has 4 saturated carbocycles. The summed E-state index contributed by atoms with van der Waals surface area (Å²) in [4.78, 5) is 36.8. The van der Waals surface area contributed by atoms with E-state index in [1.165, 1.54) is 30.2 Å². The van der Waals surface area contributed by atoms with Gasteiger partial charge in [-0.3, -0.25) is 24.5 Å². The second-order valence-electron chi connectivity index (χ2n) is 9.79. The number of amides is 1. The van der Waals surface area contributed by atoms with Gasteiger partial charge in [-0.15, -0.1) is 0 Å². The Labute approximate surface area is 176 Å². The van der Waals surface area contributed by atoms with Gasteiger partial charge in [0.1, 0.15) is 12.2 Å². The summed E-state index contributed by atoms with van der Waals surface area (Å²) >= 11 is 0. The van der Waals surface area contributed by atoms with Crippen molar-refractivity contribution in [3.8, 4) is 0 Å². The number of nitrogens with zero attached hydrogens (tertiary/aromatic N) is 3. The summed E-state index contributed by atoms with van der Waals surface area (Å²) in [5.41, 5.74) is -0.867. The number of imidazole rings is 1. The van der Waals surface area contributed by atoms with Crippen LogP contribution in [-0.4, -0.2) is 59.2 Å². The van der Waals surface area contributed by atoms with E-state index in [2.05, 4.69) is 20.3 Å². The summed E-state index contributed by atoms with van der Waals surface area (Å²) in [7, 11) is 0. The van der Waals surface area contributed by atoms with Crippen molar-refractivity contribution in [2.45, 2.75) is 63.3 Å². The number of aliphatic hydroxyl groups excluding tert-OH is 3. The molecule has 31 heavy (non-hydrogen) atoms. The van der Waals surface area contributed by atoms with E-state index in [1.807, 2.05) is 0 Å². The highest BCUT2D eigenvalue weighted by molar-refractivity contribution is 5.94. The van der Waals surface area contributed by atoms with Crippen LogP contribution in [0.2, 0.25) is 0 Å². The minimum atomic E-state index is -1.57. The van der Waals surface area contributed by atoms with Crippen LogP contribution in [0.15, 0.2) is 11.1 Å². The fourth-order valence-corrected chi connectivity index (χ4v) is 6.67. The van der Waals surface area contributed by atoms with Gasteiger partial charge in [0, 0.05) is 0 Å². The number of hydrogen-bond donors (Lipinski definition) is 5. The third-order valence-electron chi connectivity index (χ3n) is 7.67. The molecule has 5 N–H and O–H groups in total. The Morgan fingerprint density at radius 1 is 1.13 bits per heavy atom. The average Bonchev–Trinajstić information content (AvgIpc) is 3.23. The smallest absolute Gasteiger partial charge is 0.280 e. The van der Waals surface area contributed by atoms with E-state index >= 15 is 0 Å². The molecule has 5 fully saturated rings. The maximum Gasteiger partial charge on any atom is 0.280 e. The summed E-state index contributed by atoms with van der Waals surface area (Å²) in [5.74, 6) is 1.71. The van der Waals surface area contributed by atoms with Gasteiger partial charge in [0.25, 0.3) is 5.56 Å². The third kappa shape index (κ3) is 2.87. The van der Waals surface area contributed by atoms with Gasteiger partial charge in [0.15, 0.2) is 23.7 Å². The highest BCUT2D eigenvalue weighted by Crippen LogP contribution is 2.60. The van der Waals surface area contributed by atoms with Crippen molar-refractivity contribution in [2.75, 3.05) is 5.32 Å². The molecule has 1 saturated heterocycles. The van der Waals surface area contributed by atoms with Crippen LogP contribution >= 0.6 is 0 Å². The van der Waals surface area contributed by atoms with Gasteiger partial charge < -0.3 is 20.1 Å². The zero-order valence-electron chi connectivity index (χ0n) is 16.8. The van der Waals surface area contributed by atoms with E-state index in [-0.39, 0.29) is 23.0 Å². The molecule has 11 nitrogen and oxygen atoms in total. The molecule has 3 heterocycles. The zero-order valence-corrected chi connectivity index (χ0v) is 16.8. The van der Waals surface area contributed by atoms with Crippen molar-refractivity contribution < 1.29 is 24.9 Å². The molecular weight excluding hydrogens is 406 g/mol. The second kappa shape index (κ2) is 6.58. The molecule has 0 aromatic carbocycles. The molecule has 4 bridgehead atoms. The van der Waals surface area contributed by atoms with Crippen LogP contribution in [0, 0.1) is 23.2 Å². The van der Waals surface area contributed by atoms with E-state index in [4.69, 9.17) is 4.74 Å². The van der Waals surface area contributed by atoms with E-state index < -0.39 is 35.7 Å². The number of nitrogens with one attached hydrogen (secondary N) is 2. The zero-order chi connectivity index (χ0) is 21.5. The Morgan fingerprint density at radius 2 is 1.77 bits per heavy atom. The summed E-state index contributed by atoms with van der Waals surface area (Å²) in [6.07, 6.45) is 1.86. The van der Waals surface area contributed by atoms with Crippen molar-refractivity contribution in [1.29, 1.82) is 0 Å². The second-order valence-corrected chi connectivity index (χ2v) is 9.79. The number of fused-ring (bicyclic) bond motifs is 1. The first-order valence-corrected chi connectivity index (χ1v) is 10.8. The molecule has 2 aromatic heterocycles. The van der Waals surface area contributed by atoms with Gasteiger partial charge in [-0.1, -0.05) is 0 Å². The highest BCUT2D eigenvalue weighted by Gasteiger charge is 2.54. The van der Waals surface area contributed by atoms with Gasteiger partial charge in [0.05, 0.1) is 11.7 Å². The van der Waals surface area contributed by atoms with Gasteiger partial charge in [0.2, 0.25) is 11.9 Å². The number of aromatic nitrogens is 4. The number of anilines is 1. The number of aliphatic hydroxyl groups is 3. The Hall–Kier alpha value is -2.34. The Morgan fingerprint density at radius 3 is 2.35 bits per heavy atom. The van der Waals surface area contributed by atoms with E-state index in [0.717, 1.165) is 19.3 Å². The van der Waals surface area contributed by atoms with Crippen LogP contribution in [0.5, 0.6) is 0 Å². The van der Waals surface area contributed by atoms with Crippen molar-refractivity contribution in [3.63, 3.8) is 0 Å². The monoisotopic (exact) mass is 431 g/mol. The maximum atomic E-state index is 13.3. The third-order valence-corrected chi connectivity index (χ3v) is 7.67. The normalized spacial score (nSPS) is 41.2. The summed E-state index contributed by atoms with van der Waals surface area (Å²) < 4.78 is 6.48. The molecule has 1 amide bonds. The number of aromatic amines is 1. The molecule has 11 heteroatoms. The van der Waals surface area contributed by atoms with Crippen LogP contribution < -0.4 is 10.9 Å². The number of hydrogen-bond acceptors (Lipinski definition) is 8. The first-order valence-electron chi connectivity index (χ1n) is 10.8. The van der Waals surface area contributed by atoms with Crippen molar-refractivity contribution >= 4 is 23.0 Å². The van der Waals surface area contributed by atoms with Crippen LogP contribution in [0.4, 0.5) is 5.95 Å². The lowest BCUT2D eigenvalue weighted by Crippen LogP contribution is -2.52. The first kappa shape index (κ1) is 19.4. The van der Waals surface area contributed by atoms with Gasteiger partial charge in [-0.05, 0) is 56.3 Å². The number of carbonyl (C=O) groups excluding carboxylic acids is 1. The molecule has 0 radical (unpaired) electrons. The lowest BCUT2D eigenvalue weighted by molar-refractivity contribution is -0.141. The largest absolute Gasteiger partial charge is 0.385 e. The van der Waals surface area contributed by atoms with Gasteiger partial charge in [-0.2, -0.15) is 4.98 Å². The lowest BCUT2D eigenvalue weighted by atomic mass is 9.49. The molecule has 2 aromatic rings. The Bertz CT molecular complexity index is 1080. The standard InChI is InChI=1S/C20H25N5O6/c26-12-13(27)17(29)31-16(12)25-7-21-11-14(25)22-19(23-15(11)28)24-18(30)20-4-8-1-9(5-20)3-10(2-8)6-20/h7-10,12-13,16-17,26-27,29H,1-6H2,(H2,22,23,24,28,30)/t8?,9?,10?,12-,13-,16+,17-,20?/m0/s1. The molecule has 166 valence electrons. The minimum Gasteiger partial charge on any atom is -0.385 e. The molecule has 5 aliphatic rings. The quantitative estimate of drug-likeness (QED) is 0.448. The average molecular weight is 431 g/mol.